The number of hydrogen-bond donors (Lipinski definition) is 0. The van der Waals surface area contributed by atoms with Crippen LogP contribution in [0.1, 0.15) is 253 Å². The van der Waals surface area contributed by atoms with Gasteiger partial charge in [-0.3, -0.25) is 0 Å². The van der Waals surface area contributed by atoms with Crippen LogP contribution in [-0.4, -0.2) is 30.6 Å². The summed E-state index contributed by atoms with van der Waals surface area (Å²) in [6.07, 6.45) is 49.6. The Morgan fingerprint density at radius 1 is 0.319 bits per heavy atom. The molecule has 0 aliphatic carbocycles. The fourth-order valence-corrected chi connectivity index (χ4v) is 14.4. The Kier molecular flexibility index (Phi) is 34.3. The van der Waals surface area contributed by atoms with E-state index in [9.17, 15) is 4.79 Å². The van der Waals surface area contributed by atoms with E-state index >= 15 is 0 Å². The molecule has 0 aromatic heterocycles. The van der Waals surface area contributed by atoms with Gasteiger partial charge in [0.25, 0.3) is 0 Å². The van der Waals surface area contributed by atoms with Crippen molar-refractivity contribution in [3.63, 3.8) is 0 Å². The molecule has 0 heterocycles. The molecule has 47 heavy (non-hydrogen) atoms. The van der Waals surface area contributed by atoms with Crippen molar-refractivity contribution >= 4 is 12.8 Å². The van der Waals surface area contributed by atoms with Gasteiger partial charge in [-0.15, -0.1) is 0 Å². The van der Waals surface area contributed by atoms with Gasteiger partial charge in [-0.25, -0.2) is 0 Å². The van der Waals surface area contributed by atoms with Crippen LogP contribution in [0.5, 0.6) is 0 Å². The van der Waals surface area contributed by atoms with Crippen LogP contribution in [0, 0.1) is 0 Å². The van der Waals surface area contributed by atoms with Crippen molar-refractivity contribution in [1.29, 1.82) is 0 Å². The molecule has 0 aromatic carbocycles. The molecule has 0 aliphatic heterocycles. The van der Waals surface area contributed by atoms with Crippen LogP contribution < -0.4 is 0 Å². The second-order valence-corrected chi connectivity index (χ2v) is 21.6. The van der Waals surface area contributed by atoms with E-state index in [4.69, 9.17) is 4.52 Å². The smallest absolute Gasteiger partial charge is 0.0654 e. The summed E-state index contributed by atoms with van der Waals surface area (Å²) in [4.78, 5) is 13.9. The molecule has 0 radical (unpaired) electrons. The van der Waals surface area contributed by atoms with Crippen molar-refractivity contribution in [2.75, 3.05) is 24.6 Å². The Balaban J connectivity index is 5.44. The van der Waals surface area contributed by atoms with Crippen LogP contribution in [0.15, 0.2) is 0 Å². The van der Waals surface area contributed by atoms with E-state index in [1.54, 1.807) is 0 Å². The van der Waals surface area contributed by atoms with Gasteiger partial charge in [0.1, 0.15) is 0 Å². The van der Waals surface area contributed by atoms with Crippen LogP contribution in [0.3, 0.4) is 0 Å². The van der Waals surface area contributed by atoms with E-state index in [0.717, 1.165) is 6.42 Å². The average molecular weight is 683 g/mol. The summed E-state index contributed by atoms with van der Waals surface area (Å²) in [5.41, 5.74) is 0. The summed E-state index contributed by atoms with van der Waals surface area (Å²) in [7, 11) is 0. The molecule has 0 aromatic rings. The van der Waals surface area contributed by atoms with E-state index in [2.05, 4.69) is 34.6 Å². The fourth-order valence-electron chi connectivity index (χ4n) is 7.94. The van der Waals surface area contributed by atoms with Crippen molar-refractivity contribution in [2.45, 2.75) is 253 Å². The van der Waals surface area contributed by atoms with Crippen LogP contribution in [0.4, 0.5) is 0 Å². The van der Waals surface area contributed by atoms with Crippen molar-refractivity contribution in [2.24, 2.45) is 0 Å². The molecular weight excluding hydrogens is 591 g/mol. The summed E-state index contributed by atoms with van der Waals surface area (Å²) < 4.78 is 7.23. The minimum atomic E-state index is -2.61. The maximum absolute atomic E-state index is 13.9. The normalized spacial score (nSPS) is 12.7. The van der Waals surface area contributed by atoms with Crippen molar-refractivity contribution in [1.82, 2.24) is 0 Å². The third-order valence-electron chi connectivity index (χ3n) is 11.2. The molecule has 0 rings (SSSR count). The van der Waals surface area contributed by atoms with Gasteiger partial charge < -0.3 is 0 Å². The number of hydrogen-bond acceptors (Lipinski definition) is 2. The van der Waals surface area contributed by atoms with E-state index in [1.807, 2.05) is 0 Å². The molecular formula is C44H91O2P. The van der Waals surface area contributed by atoms with Gasteiger partial charge in [0.05, 0.1) is 0 Å². The van der Waals surface area contributed by atoms with E-state index in [0.29, 0.717) is 6.42 Å². The molecule has 0 saturated carbocycles. The van der Waals surface area contributed by atoms with E-state index in [-0.39, 0.29) is 5.97 Å². The Hall–Kier alpha value is -0.100. The van der Waals surface area contributed by atoms with Gasteiger partial charge in [0, 0.05) is 0 Å². The first-order valence-corrected chi connectivity index (χ1v) is 25.1. The minimum Gasteiger partial charge on any atom is -0.0654 e. The molecule has 2 nitrogen and oxygen atoms in total. The summed E-state index contributed by atoms with van der Waals surface area (Å²) in [6.45, 7) is 8.97. The van der Waals surface area contributed by atoms with Crippen molar-refractivity contribution in [3.05, 3.63) is 0 Å². The van der Waals surface area contributed by atoms with Crippen LogP contribution in [0.25, 0.3) is 0 Å². The Bertz CT molecular complexity index is 613. The van der Waals surface area contributed by atoms with Crippen molar-refractivity contribution in [3.8, 4) is 0 Å². The zero-order valence-electron chi connectivity index (χ0n) is 33.6. The molecule has 3 heteroatoms. The standard InChI is InChI=1S/C44H91O2P/c1-6-11-16-21-23-25-26-27-29-31-33-38-43-47(40-35-18-13-8-3,41-36-19-14-9-4,42-37-20-15-10-5)46-44(45)39-34-32-30-28-24-22-17-12-7-2/h6-43H2,1-5H3. The SMILES string of the molecule is CCCCCCCCCCCCCCP(CCCCCC)(CCCCCC)(CCCCCC)OC(=O)CCCCCCCCCCC. The third kappa shape index (κ3) is 27.3. The van der Waals surface area contributed by atoms with Gasteiger partial charge in [-0.1, -0.05) is 20.3 Å². The topological polar surface area (TPSA) is 26.3 Å². The van der Waals surface area contributed by atoms with Gasteiger partial charge in [-0.05, 0) is 0 Å². The molecule has 0 atom stereocenters. The second kappa shape index (κ2) is 34.4. The van der Waals surface area contributed by atoms with Gasteiger partial charge in [0.2, 0.25) is 0 Å². The van der Waals surface area contributed by atoms with Crippen LogP contribution in [0.2, 0.25) is 0 Å². The van der Waals surface area contributed by atoms with Crippen LogP contribution >= 0.6 is 6.83 Å². The quantitative estimate of drug-likeness (QED) is 0.0476. The number of carbonyl (C=O) groups is 1. The summed E-state index contributed by atoms with van der Waals surface area (Å²) >= 11 is 0. The van der Waals surface area contributed by atoms with Crippen LogP contribution in [-0.2, 0) is 9.32 Å². The van der Waals surface area contributed by atoms with Gasteiger partial charge in [-0.2, -0.15) is 0 Å². The predicted octanol–water partition coefficient (Wildman–Crippen LogP) is 16.4. The molecule has 0 aliphatic rings. The monoisotopic (exact) mass is 683 g/mol. The third-order valence-corrected chi connectivity index (χ3v) is 17.7. The van der Waals surface area contributed by atoms with Gasteiger partial charge >= 0.3 is 279 Å². The van der Waals surface area contributed by atoms with Crippen molar-refractivity contribution < 1.29 is 9.32 Å². The molecule has 0 unspecified atom stereocenters. The fraction of sp³-hybridized carbons (Fsp3) is 0.977. The second-order valence-electron chi connectivity index (χ2n) is 15.9. The predicted molar refractivity (Wildman–Crippen MR) is 218 cm³/mol. The molecule has 0 amide bonds. The first-order valence-electron chi connectivity index (χ1n) is 22.2. The summed E-state index contributed by atoms with van der Waals surface area (Å²) in [5.74, 6) is 0.186. The Morgan fingerprint density at radius 2 is 0.532 bits per heavy atom. The summed E-state index contributed by atoms with van der Waals surface area (Å²) in [6, 6.07) is 0. The van der Waals surface area contributed by atoms with E-state index in [1.165, 1.54) is 230 Å². The minimum absolute atomic E-state index is 0.186. The molecule has 0 bridgehead atoms. The molecule has 0 saturated heterocycles. The molecule has 0 N–H and O–H groups in total. The zero-order valence-corrected chi connectivity index (χ0v) is 34.5. The molecule has 0 spiro atoms. The summed E-state index contributed by atoms with van der Waals surface area (Å²) in [5, 5.41) is 0. The number of unbranched alkanes of at least 4 members (excludes halogenated alkanes) is 28. The average Bonchev–Trinajstić information content (AvgIpc) is 3.07. The number of rotatable bonds is 39. The zero-order chi connectivity index (χ0) is 34.6. The molecule has 284 valence electrons. The first kappa shape index (κ1) is 46.9. The maximum atomic E-state index is 13.9. The molecule has 0 fully saturated rings. The van der Waals surface area contributed by atoms with E-state index < -0.39 is 6.83 Å². The number of carbonyl (C=O) groups excluding carboxylic acids is 1. The Morgan fingerprint density at radius 3 is 0.809 bits per heavy atom. The van der Waals surface area contributed by atoms with Gasteiger partial charge in [0.15, 0.2) is 0 Å². The Labute approximate surface area is 298 Å². The first-order chi connectivity index (χ1) is 23.0.